The van der Waals surface area contributed by atoms with Crippen LogP contribution in [0.2, 0.25) is 18.1 Å². The van der Waals surface area contributed by atoms with Gasteiger partial charge in [-0.3, -0.25) is 4.79 Å². The lowest BCUT2D eigenvalue weighted by molar-refractivity contribution is -0.176. The lowest BCUT2D eigenvalue weighted by atomic mass is 9.78. The first-order valence-corrected chi connectivity index (χ1v) is 14.7. The number of β-lactam (4-membered cyclic amide) rings is 1. The zero-order valence-electron chi connectivity index (χ0n) is 20.1. The summed E-state index contributed by atoms with van der Waals surface area (Å²) in [7, 11) is -2.00. The summed E-state index contributed by atoms with van der Waals surface area (Å²) in [6.45, 7) is 16.6. The highest BCUT2D eigenvalue weighted by Crippen LogP contribution is 2.43. The summed E-state index contributed by atoms with van der Waals surface area (Å²) in [6, 6.07) is 9.93. The monoisotopic (exact) mass is 443 g/mol. The highest BCUT2D eigenvalue weighted by atomic mass is 28.4. The number of nitrogens with zero attached hydrogens (tertiary/aromatic N) is 1. The normalized spacial score (nSPS) is 24.1. The SMILES string of the molecule is C=C(C[C@]1(O)CN(Cc2ccccc2)C1=O)[C@@H](O[Si](C)(C)C(C)(C)C)C1CCCCC1. The first-order valence-electron chi connectivity index (χ1n) is 11.8. The van der Waals surface area contributed by atoms with Crippen LogP contribution in [-0.4, -0.2) is 42.5 Å². The molecule has 1 aromatic carbocycles. The largest absolute Gasteiger partial charge is 0.410 e. The first-order chi connectivity index (χ1) is 14.4. The third kappa shape index (κ3) is 5.50. The van der Waals surface area contributed by atoms with Gasteiger partial charge in [0.2, 0.25) is 0 Å². The summed E-state index contributed by atoms with van der Waals surface area (Å²) in [5.41, 5.74) is 0.639. The maximum Gasteiger partial charge on any atom is 0.257 e. The quantitative estimate of drug-likeness (QED) is 0.320. The smallest absolute Gasteiger partial charge is 0.257 e. The van der Waals surface area contributed by atoms with Gasteiger partial charge < -0.3 is 14.4 Å². The number of carbonyl (C=O) groups is 1. The Kier molecular flexibility index (Phi) is 7.19. The summed E-state index contributed by atoms with van der Waals surface area (Å²) >= 11 is 0. The van der Waals surface area contributed by atoms with Crippen molar-refractivity contribution < 1.29 is 14.3 Å². The molecule has 1 aliphatic heterocycles. The molecule has 2 atom stereocenters. The van der Waals surface area contributed by atoms with E-state index in [1.165, 1.54) is 19.3 Å². The Morgan fingerprint density at radius 3 is 2.39 bits per heavy atom. The molecule has 0 aromatic heterocycles. The fourth-order valence-electron chi connectivity index (χ4n) is 4.64. The molecule has 0 radical (unpaired) electrons. The molecule has 0 unspecified atom stereocenters. The van der Waals surface area contributed by atoms with Gasteiger partial charge in [0, 0.05) is 13.0 Å². The molecule has 1 amide bonds. The molecule has 1 saturated carbocycles. The predicted molar refractivity (Wildman–Crippen MR) is 129 cm³/mol. The lowest BCUT2D eigenvalue weighted by Gasteiger charge is -2.48. The van der Waals surface area contributed by atoms with Crippen LogP contribution in [0.15, 0.2) is 42.5 Å². The van der Waals surface area contributed by atoms with Crippen molar-refractivity contribution in [2.45, 2.75) is 95.7 Å². The zero-order chi connectivity index (χ0) is 22.9. The Labute approximate surface area is 189 Å². The maximum atomic E-state index is 12.9. The standard InChI is InChI=1S/C26H41NO3Si/c1-20(17-26(29)19-27(24(26)28)18-21-13-9-7-10-14-21)23(22-15-11-8-12-16-22)30-31(5,6)25(2,3)4/h7,9-10,13-14,22-23,29H,1,8,11-12,15-19H2,2-6H3/t23-,26+/m1/s1. The zero-order valence-corrected chi connectivity index (χ0v) is 21.1. The van der Waals surface area contributed by atoms with Gasteiger partial charge in [-0.2, -0.15) is 0 Å². The van der Waals surface area contributed by atoms with Gasteiger partial charge in [-0.25, -0.2) is 0 Å². The average molecular weight is 444 g/mol. The number of amides is 1. The number of aliphatic hydroxyl groups is 1. The van der Waals surface area contributed by atoms with E-state index in [9.17, 15) is 9.90 Å². The minimum absolute atomic E-state index is 0.0683. The molecule has 3 rings (SSSR count). The van der Waals surface area contributed by atoms with Gasteiger partial charge in [0.05, 0.1) is 12.6 Å². The maximum absolute atomic E-state index is 12.9. The van der Waals surface area contributed by atoms with Crippen LogP contribution in [0.1, 0.15) is 64.9 Å². The number of benzene rings is 1. The minimum Gasteiger partial charge on any atom is -0.410 e. The van der Waals surface area contributed by atoms with Gasteiger partial charge in [0.25, 0.3) is 5.91 Å². The summed E-state index contributed by atoms with van der Waals surface area (Å²) in [5, 5.41) is 11.2. The van der Waals surface area contributed by atoms with Gasteiger partial charge in [-0.15, -0.1) is 0 Å². The average Bonchev–Trinajstić information content (AvgIpc) is 2.72. The van der Waals surface area contributed by atoms with E-state index in [-0.39, 0.29) is 17.0 Å². The lowest BCUT2D eigenvalue weighted by Crippen LogP contribution is -2.66. The number of likely N-dealkylation sites (tertiary alicyclic amines) is 1. The molecule has 1 aliphatic carbocycles. The van der Waals surface area contributed by atoms with E-state index in [1.807, 2.05) is 30.3 Å². The fourth-order valence-corrected chi connectivity index (χ4v) is 5.99. The van der Waals surface area contributed by atoms with E-state index in [0.717, 1.165) is 24.0 Å². The topological polar surface area (TPSA) is 49.8 Å². The number of carbonyl (C=O) groups excluding carboxylic acids is 1. The molecular weight excluding hydrogens is 402 g/mol. The summed E-state index contributed by atoms with van der Waals surface area (Å²) in [6.07, 6.45) is 6.25. The van der Waals surface area contributed by atoms with Crippen LogP contribution in [0.25, 0.3) is 0 Å². The Morgan fingerprint density at radius 1 is 1.23 bits per heavy atom. The van der Waals surface area contributed by atoms with Gasteiger partial charge in [0.1, 0.15) is 0 Å². The molecule has 4 nitrogen and oxygen atoms in total. The van der Waals surface area contributed by atoms with Crippen LogP contribution < -0.4 is 0 Å². The second-order valence-electron chi connectivity index (χ2n) is 11.2. The summed E-state index contributed by atoms with van der Waals surface area (Å²) in [4.78, 5) is 14.6. The molecule has 1 saturated heterocycles. The molecule has 31 heavy (non-hydrogen) atoms. The van der Waals surface area contributed by atoms with E-state index < -0.39 is 13.9 Å². The van der Waals surface area contributed by atoms with Crippen LogP contribution >= 0.6 is 0 Å². The van der Waals surface area contributed by atoms with E-state index >= 15 is 0 Å². The molecule has 1 heterocycles. The molecule has 0 bridgehead atoms. The Bertz CT molecular complexity index is 780. The van der Waals surface area contributed by atoms with Crippen molar-refractivity contribution in [3.8, 4) is 0 Å². The van der Waals surface area contributed by atoms with Crippen LogP contribution in [0, 0.1) is 5.92 Å². The van der Waals surface area contributed by atoms with Gasteiger partial charge in [-0.1, -0.05) is 76.9 Å². The van der Waals surface area contributed by atoms with E-state index in [4.69, 9.17) is 4.43 Å². The Balaban J connectivity index is 1.69. The Hall–Kier alpha value is -1.43. The minimum atomic E-state index is -2.00. The molecule has 0 spiro atoms. The van der Waals surface area contributed by atoms with Gasteiger partial charge >= 0.3 is 0 Å². The van der Waals surface area contributed by atoms with Crippen molar-refractivity contribution in [2.75, 3.05) is 6.54 Å². The fraction of sp³-hybridized carbons (Fsp3) is 0.654. The van der Waals surface area contributed by atoms with E-state index in [1.54, 1.807) is 4.90 Å². The van der Waals surface area contributed by atoms with Crippen molar-refractivity contribution in [1.29, 1.82) is 0 Å². The van der Waals surface area contributed by atoms with Gasteiger partial charge in [0.15, 0.2) is 13.9 Å². The molecule has 172 valence electrons. The second-order valence-corrected chi connectivity index (χ2v) is 16.0. The van der Waals surface area contributed by atoms with Crippen LogP contribution in [0.4, 0.5) is 0 Å². The molecule has 1 N–H and O–H groups in total. The van der Waals surface area contributed by atoms with Crippen molar-refractivity contribution in [3.05, 3.63) is 48.0 Å². The summed E-state index contributed by atoms with van der Waals surface area (Å²) < 4.78 is 6.88. The highest BCUT2D eigenvalue weighted by molar-refractivity contribution is 6.74. The molecule has 5 heteroatoms. The number of hydrogen-bond acceptors (Lipinski definition) is 3. The molecule has 2 aliphatic rings. The van der Waals surface area contributed by atoms with Crippen LogP contribution in [-0.2, 0) is 15.8 Å². The van der Waals surface area contributed by atoms with Crippen LogP contribution in [0.3, 0.4) is 0 Å². The third-order valence-corrected chi connectivity index (χ3v) is 12.0. The first kappa shape index (κ1) is 24.2. The summed E-state index contributed by atoms with van der Waals surface area (Å²) in [5.74, 6) is 0.252. The van der Waals surface area contributed by atoms with Crippen LogP contribution in [0.5, 0.6) is 0 Å². The van der Waals surface area contributed by atoms with E-state index in [2.05, 4.69) is 40.4 Å². The van der Waals surface area contributed by atoms with Crippen molar-refractivity contribution in [1.82, 2.24) is 4.90 Å². The van der Waals surface area contributed by atoms with Crippen molar-refractivity contribution in [3.63, 3.8) is 0 Å². The third-order valence-electron chi connectivity index (χ3n) is 7.58. The highest BCUT2D eigenvalue weighted by Gasteiger charge is 2.52. The van der Waals surface area contributed by atoms with Crippen molar-refractivity contribution >= 4 is 14.2 Å². The Morgan fingerprint density at radius 2 is 1.84 bits per heavy atom. The van der Waals surface area contributed by atoms with Crippen molar-refractivity contribution in [2.24, 2.45) is 5.92 Å². The molecule has 1 aromatic rings. The molecular formula is C26H41NO3Si. The molecule has 2 fully saturated rings. The number of rotatable bonds is 8. The van der Waals surface area contributed by atoms with Gasteiger partial charge in [-0.05, 0) is 48.0 Å². The second kappa shape index (κ2) is 9.20. The van der Waals surface area contributed by atoms with E-state index in [0.29, 0.717) is 25.4 Å². The number of hydrogen-bond donors (Lipinski definition) is 1. The predicted octanol–water partition coefficient (Wildman–Crippen LogP) is 5.68. The number of β-amino-alcohol motifs (C(OH)–C–C–N with tert-alkyl or cyclic N) is 1.